The number of carbonyl (C=O) groups excluding carboxylic acids is 1. The first-order chi connectivity index (χ1) is 18.3. The number of allylic oxidation sites excluding steroid dienone is 1. The van der Waals surface area contributed by atoms with Gasteiger partial charge >= 0.3 is 0 Å². The maximum absolute atomic E-state index is 12.9. The number of aryl methyl sites for hydroxylation is 2. The lowest BCUT2D eigenvalue weighted by atomic mass is 10.0. The van der Waals surface area contributed by atoms with Crippen molar-refractivity contribution < 1.29 is 22.7 Å². The lowest BCUT2D eigenvalue weighted by Gasteiger charge is -2.26. The third-order valence-corrected chi connectivity index (χ3v) is 8.93. The first-order valence-electron chi connectivity index (χ1n) is 12.6. The molecule has 0 spiro atoms. The standard InChI is InChI=1S/C29H29ClN2O5S/c1-20-2-3-21(19-31-20)4-7-25(33)8-9-26-17-24-16-23(18-28(30)29(24)37-26)22-5-10-27(11-6-22)38(34,35)32-12-14-36-15-13-32/h2-3,5-6,8-11,16,18-19,26H,4,7,12-15,17H2,1H3/b9-8+. The Balaban J connectivity index is 1.23. The third kappa shape index (κ3) is 5.99. The van der Waals surface area contributed by atoms with Gasteiger partial charge in [-0.15, -0.1) is 0 Å². The second kappa shape index (κ2) is 11.4. The molecule has 1 aromatic heterocycles. The van der Waals surface area contributed by atoms with Gasteiger partial charge in [0, 0.05) is 43.4 Å². The van der Waals surface area contributed by atoms with Crippen molar-refractivity contribution in [2.75, 3.05) is 26.3 Å². The van der Waals surface area contributed by atoms with E-state index in [2.05, 4.69) is 4.98 Å². The number of nitrogens with zero attached hydrogens (tertiary/aromatic N) is 2. The minimum atomic E-state index is -3.55. The average Bonchev–Trinajstić information content (AvgIpc) is 3.36. The molecule has 2 aromatic carbocycles. The molecule has 0 N–H and O–H groups in total. The Bertz CT molecular complexity index is 1450. The number of morpholine rings is 1. The molecule has 1 fully saturated rings. The number of ether oxygens (including phenoxy) is 2. The van der Waals surface area contributed by atoms with Crippen LogP contribution in [0.3, 0.4) is 0 Å². The maximum atomic E-state index is 12.9. The summed E-state index contributed by atoms with van der Waals surface area (Å²) < 4.78 is 38.6. The summed E-state index contributed by atoms with van der Waals surface area (Å²) in [6, 6.07) is 14.6. The monoisotopic (exact) mass is 552 g/mol. The lowest BCUT2D eigenvalue weighted by Crippen LogP contribution is -2.40. The number of rotatable bonds is 8. The normalized spacial score (nSPS) is 17.9. The molecule has 38 heavy (non-hydrogen) atoms. The molecule has 0 bridgehead atoms. The van der Waals surface area contributed by atoms with Crippen molar-refractivity contribution in [1.82, 2.24) is 9.29 Å². The molecule has 7 nitrogen and oxygen atoms in total. The van der Waals surface area contributed by atoms with E-state index in [0.717, 1.165) is 27.9 Å². The van der Waals surface area contributed by atoms with Crippen molar-refractivity contribution in [3.63, 3.8) is 0 Å². The largest absolute Gasteiger partial charge is 0.484 e. The van der Waals surface area contributed by atoms with Gasteiger partial charge < -0.3 is 9.47 Å². The van der Waals surface area contributed by atoms with E-state index in [1.165, 1.54) is 4.31 Å². The number of pyridine rings is 1. The SMILES string of the molecule is Cc1ccc(CCC(=O)/C=C/C2Cc3cc(-c4ccc(S(=O)(=O)N5CCOCC5)cc4)cc(Cl)c3O2)cn1. The van der Waals surface area contributed by atoms with Crippen molar-refractivity contribution in [2.45, 2.75) is 37.2 Å². The predicted molar refractivity (Wildman–Crippen MR) is 146 cm³/mol. The van der Waals surface area contributed by atoms with Crippen molar-refractivity contribution >= 4 is 27.4 Å². The van der Waals surface area contributed by atoms with Crippen LogP contribution in [0.5, 0.6) is 5.75 Å². The van der Waals surface area contributed by atoms with Gasteiger partial charge in [-0.3, -0.25) is 9.78 Å². The first-order valence-corrected chi connectivity index (χ1v) is 14.4. The molecule has 9 heteroatoms. The molecule has 0 saturated carbocycles. The number of hydrogen-bond donors (Lipinski definition) is 0. The summed E-state index contributed by atoms with van der Waals surface area (Å²) in [7, 11) is -3.55. The van der Waals surface area contributed by atoms with Gasteiger partial charge in [0.05, 0.1) is 23.1 Å². The van der Waals surface area contributed by atoms with Crippen LogP contribution in [0.25, 0.3) is 11.1 Å². The highest BCUT2D eigenvalue weighted by molar-refractivity contribution is 7.89. The van der Waals surface area contributed by atoms with Crippen LogP contribution in [0.1, 0.15) is 23.2 Å². The number of halogens is 1. The van der Waals surface area contributed by atoms with Crippen LogP contribution in [0.4, 0.5) is 0 Å². The summed E-state index contributed by atoms with van der Waals surface area (Å²) >= 11 is 6.55. The van der Waals surface area contributed by atoms with E-state index < -0.39 is 10.0 Å². The van der Waals surface area contributed by atoms with E-state index in [1.54, 1.807) is 42.6 Å². The zero-order valence-corrected chi connectivity index (χ0v) is 22.7. The highest BCUT2D eigenvalue weighted by Crippen LogP contribution is 2.40. The third-order valence-electron chi connectivity index (χ3n) is 6.74. The molecular formula is C29H29ClN2O5S. The van der Waals surface area contributed by atoms with Gasteiger partial charge in [-0.2, -0.15) is 4.31 Å². The zero-order valence-electron chi connectivity index (χ0n) is 21.1. The Hall–Kier alpha value is -3.04. The number of hydrogen-bond acceptors (Lipinski definition) is 6. The molecule has 198 valence electrons. The topological polar surface area (TPSA) is 85.8 Å². The van der Waals surface area contributed by atoms with Gasteiger partial charge in [-0.1, -0.05) is 29.8 Å². The Morgan fingerprint density at radius 1 is 1.11 bits per heavy atom. The average molecular weight is 553 g/mol. The molecule has 5 rings (SSSR count). The van der Waals surface area contributed by atoms with Crippen LogP contribution in [0, 0.1) is 6.92 Å². The summed E-state index contributed by atoms with van der Waals surface area (Å²) in [4.78, 5) is 16.9. The van der Waals surface area contributed by atoms with Gasteiger partial charge in [0.1, 0.15) is 11.9 Å². The summed E-state index contributed by atoms with van der Waals surface area (Å²) in [6.07, 6.45) is 6.55. The van der Waals surface area contributed by atoms with E-state index >= 15 is 0 Å². The van der Waals surface area contributed by atoms with Gasteiger partial charge in [0.25, 0.3) is 0 Å². The highest BCUT2D eigenvalue weighted by Gasteiger charge is 2.27. The van der Waals surface area contributed by atoms with Crippen LogP contribution in [0.15, 0.2) is 71.8 Å². The van der Waals surface area contributed by atoms with Crippen molar-refractivity contribution in [3.8, 4) is 16.9 Å². The number of carbonyl (C=O) groups is 1. The molecule has 2 aliphatic rings. The number of sulfonamides is 1. The van der Waals surface area contributed by atoms with Crippen LogP contribution in [-0.4, -0.2) is 55.9 Å². The fourth-order valence-corrected chi connectivity index (χ4v) is 6.28. The Morgan fingerprint density at radius 2 is 1.87 bits per heavy atom. The quantitative estimate of drug-likeness (QED) is 0.373. The summed E-state index contributed by atoms with van der Waals surface area (Å²) in [5.74, 6) is 0.652. The minimum Gasteiger partial charge on any atom is -0.484 e. The van der Waals surface area contributed by atoms with Crippen LogP contribution in [0.2, 0.25) is 5.02 Å². The maximum Gasteiger partial charge on any atom is 0.243 e. The van der Waals surface area contributed by atoms with Gasteiger partial charge in [-0.05, 0) is 72.5 Å². The van der Waals surface area contributed by atoms with E-state index in [-0.39, 0.29) is 16.8 Å². The van der Waals surface area contributed by atoms with Crippen molar-refractivity contribution in [1.29, 1.82) is 0 Å². The summed E-state index contributed by atoms with van der Waals surface area (Å²) in [6.45, 7) is 3.46. The number of benzene rings is 2. The molecule has 1 unspecified atom stereocenters. The Kier molecular flexibility index (Phi) is 7.95. The van der Waals surface area contributed by atoms with Gasteiger partial charge in [0.15, 0.2) is 5.78 Å². The Morgan fingerprint density at radius 3 is 2.58 bits per heavy atom. The molecule has 0 aliphatic carbocycles. The van der Waals surface area contributed by atoms with Gasteiger partial charge in [-0.25, -0.2) is 8.42 Å². The minimum absolute atomic E-state index is 0.0315. The molecule has 0 radical (unpaired) electrons. The number of fused-ring (bicyclic) bond motifs is 1. The fraction of sp³-hybridized carbons (Fsp3) is 0.310. The second-order valence-electron chi connectivity index (χ2n) is 9.48. The fourth-order valence-electron chi connectivity index (χ4n) is 4.58. The molecule has 3 heterocycles. The van der Waals surface area contributed by atoms with Crippen molar-refractivity contribution in [3.05, 3.63) is 88.7 Å². The summed E-state index contributed by atoms with van der Waals surface area (Å²) in [5, 5.41) is 0.483. The smallest absolute Gasteiger partial charge is 0.243 e. The molecule has 1 saturated heterocycles. The van der Waals surface area contributed by atoms with Gasteiger partial charge in [0.2, 0.25) is 10.0 Å². The van der Waals surface area contributed by atoms with Crippen LogP contribution in [-0.2, 0) is 32.4 Å². The van der Waals surface area contributed by atoms with Crippen molar-refractivity contribution in [2.24, 2.45) is 0 Å². The highest BCUT2D eigenvalue weighted by atomic mass is 35.5. The van der Waals surface area contributed by atoms with E-state index in [9.17, 15) is 13.2 Å². The number of aromatic nitrogens is 1. The van der Waals surface area contributed by atoms with E-state index in [1.807, 2.05) is 31.2 Å². The van der Waals surface area contributed by atoms with Crippen LogP contribution < -0.4 is 4.74 Å². The first kappa shape index (κ1) is 26.6. The molecule has 1 atom stereocenters. The molecular weight excluding hydrogens is 524 g/mol. The summed E-state index contributed by atoms with van der Waals surface area (Å²) in [5.41, 5.74) is 4.67. The second-order valence-corrected chi connectivity index (χ2v) is 11.8. The van der Waals surface area contributed by atoms with E-state index in [0.29, 0.717) is 56.3 Å². The lowest BCUT2D eigenvalue weighted by molar-refractivity contribution is -0.114. The zero-order chi connectivity index (χ0) is 26.7. The molecule has 3 aromatic rings. The van der Waals surface area contributed by atoms with E-state index in [4.69, 9.17) is 21.1 Å². The predicted octanol–water partition coefficient (Wildman–Crippen LogP) is 4.79. The molecule has 0 amide bonds. The Labute approximate surface area is 228 Å². The molecule has 2 aliphatic heterocycles. The number of ketones is 1. The van der Waals surface area contributed by atoms with Crippen LogP contribution >= 0.6 is 11.6 Å².